The molecule has 0 aliphatic carbocycles. The SMILES string of the molecule is C.CN1CCN(C(C)(C)C)CC1.Cc1cn(C(C)(C)C)cn1. The molecule has 1 aromatic heterocycles. The summed E-state index contributed by atoms with van der Waals surface area (Å²) in [7, 11) is 2.19. The van der Waals surface area contributed by atoms with E-state index in [4.69, 9.17) is 0 Å². The molecular weight excluding hydrogens is 272 g/mol. The number of rotatable bonds is 0. The molecule has 1 aromatic rings. The van der Waals surface area contributed by atoms with Gasteiger partial charge in [-0.15, -0.1) is 0 Å². The molecule has 2 rings (SSSR count). The van der Waals surface area contributed by atoms with Crippen molar-refractivity contribution in [3.05, 3.63) is 18.2 Å². The van der Waals surface area contributed by atoms with Gasteiger partial charge in [-0.2, -0.15) is 0 Å². The summed E-state index contributed by atoms with van der Waals surface area (Å²) in [4.78, 5) is 9.09. The van der Waals surface area contributed by atoms with Crippen LogP contribution in [0.2, 0.25) is 0 Å². The van der Waals surface area contributed by atoms with Gasteiger partial charge in [0.2, 0.25) is 0 Å². The lowest BCUT2D eigenvalue weighted by Crippen LogP contribution is -2.52. The predicted molar refractivity (Wildman–Crippen MR) is 97.5 cm³/mol. The highest BCUT2D eigenvalue weighted by Gasteiger charge is 2.23. The first-order valence-electron chi connectivity index (χ1n) is 7.95. The summed E-state index contributed by atoms with van der Waals surface area (Å²) < 4.78 is 2.11. The van der Waals surface area contributed by atoms with Gasteiger partial charge in [-0.05, 0) is 55.5 Å². The first kappa shape index (κ1) is 21.1. The third kappa shape index (κ3) is 6.93. The van der Waals surface area contributed by atoms with Gasteiger partial charge in [0.15, 0.2) is 0 Å². The molecule has 0 aromatic carbocycles. The number of aromatic nitrogens is 2. The van der Waals surface area contributed by atoms with Gasteiger partial charge in [-0.1, -0.05) is 7.43 Å². The fraction of sp³-hybridized carbons (Fsp3) is 0.833. The highest BCUT2D eigenvalue weighted by Crippen LogP contribution is 2.14. The molecule has 1 aliphatic rings. The molecule has 2 heterocycles. The molecule has 1 saturated heterocycles. The van der Waals surface area contributed by atoms with Gasteiger partial charge >= 0.3 is 0 Å². The number of aryl methyl sites for hydroxylation is 1. The van der Waals surface area contributed by atoms with E-state index in [0.717, 1.165) is 5.69 Å². The number of imidazole rings is 1. The second kappa shape index (κ2) is 8.11. The predicted octanol–water partition coefficient (Wildman–Crippen LogP) is 3.61. The molecule has 0 spiro atoms. The Hall–Kier alpha value is -0.870. The Balaban J connectivity index is 0.000000385. The average Bonchev–Trinajstić information content (AvgIpc) is 2.76. The Morgan fingerprint density at radius 1 is 0.909 bits per heavy atom. The van der Waals surface area contributed by atoms with Crippen LogP contribution in [-0.2, 0) is 5.54 Å². The summed E-state index contributed by atoms with van der Waals surface area (Å²) in [5.74, 6) is 0. The molecule has 0 N–H and O–H groups in total. The second-order valence-corrected chi connectivity index (χ2v) is 8.05. The van der Waals surface area contributed by atoms with Crippen molar-refractivity contribution < 1.29 is 0 Å². The standard InChI is InChI=1S/C9H20N2.C8H14N2.CH4/c1-9(2,3)11-7-5-10(4)6-8-11;1-7-5-10(6-9-7)8(2,3)4;/h5-8H2,1-4H3;5-6H,1-4H3;1H4. The molecule has 0 atom stereocenters. The lowest BCUT2D eigenvalue weighted by atomic mass is 10.1. The second-order valence-electron chi connectivity index (χ2n) is 8.05. The zero-order valence-corrected chi connectivity index (χ0v) is 15.3. The number of hydrogen-bond acceptors (Lipinski definition) is 3. The number of piperazine rings is 1. The highest BCUT2D eigenvalue weighted by atomic mass is 15.3. The van der Waals surface area contributed by atoms with Crippen molar-refractivity contribution in [2.24, 2.45) is 0 Å². The van der Waals surface area contributed by atoms with Gasteiger partial charge in [0.05, 0.1) is 12.0 Å². The van der Waals surface area contributed by atoms with E-state index in [1.807, 2.05) is 13.3 Å². The molecule has 0 unspecified atom stereocenters. The molecule has 0 radical (unpaired) electrons. The summed E-state index contributed by atoms with van der Waals surface area (Å²) >= 11 is 0. The first-order valence-corrected chi connectivity index (χ1v) is 7.95. The molecule has 4 heteroatoms. The maximum absolute atomic E-state index is 4.15. The lowest BCUT2D eigenvalue weighted by Gasteiger charge is -2.41. The van der Waals surface area contributed by atoms with E-state index in [0.29, 0.717) is 5.54 Å². The monoisotopic (exact) mass is 310 g/mol. The minimum atomic E-state index is 0. The molecule has 0 amide bonds. The largest absolute Gasteiger partial charge is 0.332 e. The minimum Gasteiger partial charge on any atom is -0.332 e. The zero-order valence-electron chi connectivity index (χ0n) is 15.3. The maximum atomic E-state index is 4.15. The molecular formula is C18H38N4. The van der Waals surface area contributed by atoms with Crippen molar-refractivity contribution in [1.82, 2.24) is 19.4 Å². The van der Waals surface area contributed by atoms with Crippen LogP contribution in [0, 0.1) is 6.92 Å². The van der Waals surface area contributed by atoms with Crippen LogP contribution < -0.4 is 0 Å². The maximum Gasteiger partial charge on any atom is 0.0954 e. The van der Waals surface area contributed by atoms with Gasteiger partial charge in [-0.25, -0.2) is 4.98 Å². The van der Waals surface area contributed by atoms with Crippen LogP contribution in [0.4, 0.5) is 0 Å². The summed E-state index contributed by atoms with van der Waals surface area (Å²) in [6.45, 7) is 20.2. The summed E-state index contributed by atoms with van der Waals surface area (Å²) in [6, 6.07) is 0. The third-order valence-corrected chi connectivity index (χ3v) is 3.94. The van der Waals surface area contributed by atoms with Crippen LogP contribution >= 0.6 is 0 Å². The smallest absolute Gasteiger partial charge is 0.0954 e. The fourth-order valence-corrected chi connectivity index (χ4v) is 2.27. The summed E-state index contributed by atoms with van der Waals surface area (Å²) in [5.41, 5.74) is 1.61. The van der Waals surface area contributed by atoms with Gasteiger partial charge < -0.3 is 9.47 Å². The van der Waals surface area contributed by atoms with Crippen molar-refractivity contribution in [2.45, 2.75) is 67.0 Å². The van der Waals surface area contributed by atoms with Crippen molar-refractivity contribution >= 4 is 0 Å². The number of hydrogen-bond donors (Lipinski definition) is 0. The molecule has 0 bridgehead atoms. The Kier molecular flexibility index (Phi) is 7.79. The summed E-state index contributed by atoms with van der Waals surface area (Å²) in [6.07, 6.45) is 3.93. The molecule has 22 heavy (non-hydrogen) atoms. The van der Waals surface area contributed by atoms with Crippen LogP contribution in [0.25, 0.3) is 0 Å². The van der Waals surface area contributed by atoms with E-state index in [2.05, 4.69) is 74.1 Å². The van der Waals surface area contributed by atoms with E-state index in [-0.39, 0.29) is 13.0 Å². The number of likely N-dealkylation sites (N-methyl/N-ethyl adjacent to an activating group) is 1. The van der Waals surface area contributed by atoms with Crippen molar-refractivity contribution in [3.63, 3.8) is 0 Å². The minimum absolute atomic E-state index is 0. The topological polar surface area (TPSA) is 24.3 Å². The first-order chi connectivity index (χ1) is 9.50. The lowest BCUT2D eigenvalue weighted by molar-refractivity contribution is 0.0735. The van der Waals surface area contributed by atoms with Crippen LogP contribution in [-0.4, -0.2) is 58.1 Å². The highest BCUT2D eigenvalue weighted by molar-refractivity contribution is 4.95. The summed E-state index contributed by atoms with van der Waals surface area (Å²) in [5, 5.41) is 0. The van der Waals surface area contributed by atoms with E-state index in [1.165, 1.54) is 26.2 Å². The molecule has 0 saturated carbocycles. The molecule has 1 fully saturated rings. The Morgan fingerprint density at radius 2 is 1.41 bits per heavy atom. The number of nitrogens with zero attached hydrogens (tertiary/aromatic N) is 4. The van der Waals surface area contributed by atoms with Crippen molar-refractivity contribution in [3.8, 4) is 0 Å². The van der Waals surface area contributed by atoms with Gasteiger partial charge in [-0.3, -0.25) is 4.90 Å². The Bertz CT molecular complexity index is 415. The Morgan fingerprint density at radius 3 is 1.68 bits per heavy atom. The molecule has 1 aliphatic heterocycles. The van der Waals surface area contributed by atoms with Gasteiger partial charge in [0.1, 0.15) is 0 Å². The normalized spacial score (nSPS) is 17.5. The van der Waals surface area contributed by atoms with Crippen molar-refractivity contribution in [1.29, 1.82) is 0 Å². The van der Waals surface area contributed by atoms with E-state index >= 15 is 0 Å². The van der Waals surface area contributed by atoms with Crippen LogP contribution in [0.15, 0.2) is 12.5 Å². The Labute approximate surface area is 138 Å². The van der Waals surface area contributed by atoms with E-state index in [1.54, 1.807) is 0 Å². The average molecular weight is 311 g/mol. The zero-order chi connectivity index (χ0) is 16.3. The van der Waals surface area contributed by atoms with Crippen molar-refractivity contribution in [2.75, 3.05) is 33.2 Å². The van der Waals surface area contributed by atoms with E-state index < -0.39 is 0 Å². The van der Waals surface area contributed by atoms with Crippen LogP contribution in [0.3, 0.4) is 0 Å². The van der Waals surface area contributed by atoms with Gasteiger partial charge in [0.25, 0.3) is 0 Å². The third-order valence-electron chi connectivity index (χ3n) is 3.94. The van der Waals surface area contributed by atoms with Gasteiger partial charge in [0, 0.05) is 43.5 Å². The van der Waals surface area contributed by atoms with Crippen LogP contribution in [0.5, 0.6) is 0 Å². The van der Waals surface area contributed by atoms with E-state index in [9.17, 15) is 0 Å². The van der Waals surface area contributed by atoms with Crippen LogP contribution in [0.1, 0.15) is 54.7 Å². The fourth-order valence-electron chi connectivity index (χ4n) is 2.27. The quantitative estimate of drug-likeness (QED) is 0.731. The molecule has 130 valence electrons. The molecule has 4 nitrogen and oxygen atoms in total.